The Morgan fingerprint density at radius 3 is 2.44 bits per heavy atom. The fraction of sp³-hybridized carbons (Fsp3) is 0.434. The number of carbonyl (C=O) groups excluding carboxylic acids is 1. The summed E-state index contributed by atoms with van der Waals surface area (Å²) in [5.41, 5.74) is 4.85. The second kappa shape index (κ2) is 22.4. The minimum absolute atomic E-state index is 0.0347. The summed E-state index contributed by atoms with van der Waals surface area (Å²) in [6.45, 7) is 7.19. The molecular weight excluding hydrogens is 812 g/mol. The SMILES string of the molecule is C=CCO[C@@]12Oc3ccc(OCc4ccccc4F)cc3[C@H]3[C@H](CCCCO)[C@@H](CCCCO)C=C(C(=NOCc4ccccc4)C[C@@H]1N(CCC)C(=O)Cc1cccc(OC)c1)[C@H]32. The van der Waals surface area contributed by atoms with E-state index in [1.165, 1.54) is 6.07 Å². The number of amides is 1. The van der Waals surface area contributed by atoms with Crippen LogP contribution in [-0.2, 0) is 34.0 Å². The zero-order valence-electron chi connectivity index (χ0n) is 37.2. The molecule has 1 aliphatic heterocycles. The average molecular weight is 875 g/mol. The Kier molecular flexibility index (Phi) is 16.3. The van der Waals surface area contributed by atoms with E-state index in [4.69, 9.17) is 28.9 Å². The van der Waals surface area contributed by atoms with Gasteiger partial charge in [-0.05, 0) is 97.0 Å². The van der Waals surface area contributed by atoms with E-state index >= 15 is 0 Å². The topological polar surface area (TPSA) is 119 Å². The lowest BCUT2D eigenvalue weighted by Gasteiger charge is -2.60. The first kappa shape index (κ1) is 46.5. The first-order valence-electron chi connectivity index (χ1n) is 22.9. The Bertz CT molecular complexity index is 2230. The van der Waals surface area contributed by atoms with E-state index in [-0.39, 0.29) is 68.9 Å². The molecule has 1 fully saturated rings. The summed E-state index contributed by atoms with van der Waals surface area (Å²) in [7, 11) is 1.62. The maximum atomic E-state index is 15.0. The summed E-state index contributed by atoms with van der Waals surface area (Å²) in [6.07, 6.45) is 9.70. The van der Waals surface area contributed by atoms with E-state index in [1.807, 2.05) is 77.7 Å². The number of unbranched alkanes of at least 4 members (excludes halogenated alkanes) is 2. The van der Waals surface area contributed by atoms with Gasteiger partial charge in [0.25, 0.3) is 0 Å². The molecule has 0 bridgehead atoms. The van der Waals surface area contributed by atoms with E-state index in [9.17, 15) is 19.4 Å². The highest BCUT2D eigenvalue weighted by molar-refractivity contribution is 6.03. The standard InChI is InChI=1S/C53H63FN2O8/c1-4-26-56(50(59)31-38-18-15-21-41(30-38)60-3)49-34-47(55-63-35-37-16-7-6-8-17-37)44-32-39(19-11-13-27-57)43(22-12-14-28-58)51-45-33-42(61-36-40-20-9-10-23-46(40)54)24-25-48(45)64-53(49,52(44)51)62-29-5-2/h5-10,15-18,20-21,23-25,30,32-33,39,43,49,51-52,57-58H,2,4,11-14,19,22,26-29,31,34-36H2,1,3H3/t39-,43+,49-,51+,52+,53+/m0/s1. The van der Waals surface area contributed by atoms with Crippen molar-refractivity contribution in [2.45, 2.75) is 95.7 Å². The molecule has 2 N–H and O–H groups in total. The zero-order chi connectivity index (χ0) is 44.9. The highest BCUT2D eigenvalue weighted by atomic mass is 19.1. The number of halogens is 1. The molecule has 6 atom stereocenters. The van der Waals surface area contributed by atoms with Gasteiger partial charge in [-0.25, -0.2) is 4.39 Å². The van der Waals surface area contributed by atoms with Gasteiger partial charge in [-0.2, -0.15) is 0 Å². The molecule has 0 spiro atoms. The molecule has 0 radical (unpaired) electrons. The van der Waals surface area contributed by atoms with Crippen molar-refractivity contribution in [2.24, 2.45) is 22.9 Å². The van der Waals surface area contributed by atoms with Gasteiger partial charge in [0, 0.05) is 43.2 Å². The first-order valence-corrected chi connectivity index (χ1v) is 22.9. The molecule has 0 saturated heterocycles. The van der Waals surface area contributed by atoms with Crippen molar-refractivity contribution in [1.82, 2.24) is 4.90 Å². The van der Waals surface area contributed by atoms with Crippen molar-refractivity contribution in [2.75, 3.05) is 33.5 Å². The minimum Gasteiger partial charge on any atom is -0.497 e. The molecule has 7 rings (SSSR count). The van der Waals surface area contributed by atoms with Crippen LogP contribution in [0.2, 0.25) is 0 Å². The van der Waals surface area contributed by atoms with Gasteiger partial charge in [0.2, 0.25) is 11.7 Å². The van der Waals surface area contributed by atoms with Gasteiger partial charge in [-0.1, -0.05) is 97.7 Å². The van der Waals surface area contributed by atoms with Crippen LogP contribution >= 0.6 is 0 Å². The van der Waals surface area contributed by atoms with E-state index in [1.54, 1.807) is 31.4 Å². The van der Waals surface area contributed by atoms with Crippen LogP contribution in [0.5, 0.6) is 17.2 Å². The number of aliphatic hydroxyl groups excluding tert-OH is 2. The Hall–Kier alpha value is -5.49. The Morgan fingerprint density at radius 2 is 1.69 bits per heavy atom. The monoisotopic (exact) mass is 874 g/mol. The van der Waals surface area contributed by atoms with Crippen LogP contribution < -0.4 is 14.2 Å². The summed E-state index contributed by atoms with van der Waals surface area (Å²) < 4.78 is 41.2. The molecule has 2 aliphatic carbocycles. The number of methoxy groups -OCH3 is 1. The maximum absolute atomic E-state index is 15.0. The number of ether oxygens (including phenoxy) is 4. The number of allylic oxidation sites excluding steroid dienone is 1. The number of nitrogens with zero attached hydrogens (tertiary/aromatic N) is 2. The quantitative estimate of drug-likeness (QED) is 0.0430. The van der Waals surface area contributed by atoms with E-state index in [2.05, 4.69) is 19.6 Å². The van der Waals surface area contributed by atoms with Crippen LogP contribution in [0.1, 0.15) is 86.5 Å². The highest BCUT2D eigenvalue weighted by Gasteiger charge is 2.65. The van der Waals surface area contributed by atoms with Gasteiger partial charge in [0.1, 0.15) is 42.3 Å². The van der Waals surface area contributed by atoms with E-state index < -0.39 is 17.7 Å². The predicted octanol–water partition coefficient (Wildman–Crippen LogP) is 9.73. The molecule has 4 aromatic rings. The summed E-state index contributed by atoms with van der Waals surface area (Å²) >= 11 is 0. The van der Waals surface area contributed by atoms with Crippen molar-refractivity contribution in [3.05, 3.63) is 149 Å². The molecule has 1 saturated carbocycles. The van der Waals surface area contributed by atoms with Gasteiger partial charge in [0.05, 0.1) is 31.8 Å². The number of rotatable bonds is 23. The van der Waals surface area contributed by atoms with Gasteiger partial charge >= 0.3 is 0 Å². The van der Waals surface area contributed by atoms with E-state index in [0.717, 1.165) is 53.7 Å². The van der Waals surface area contributed by atoms with Crippen molar-refractivity contribution in [3.8, 4) is 17.2 Å². The van der Waals surface area contributed by atoms with Gasteiger partial charge in [-0.15, -0.1) is 6.58 Å². The van der Waals surface area contributed by atoms with Crippen LogP contribution in [0.25, 0.3) is 0 Å². The number of oxime groups is 1. The molecule has 10 nitrogen and oxygen atoms in total. The predicted molar refractivity (Wildman–Crippen MR) is 246 cm³/mol. The molecule has 3 aliphatic rings. The lowest BCUT2D eigenvalue weighted by Crippen LogP contribution is -2.70. The molecule has 64 heavy (non-hydrogen) atoms. The second-order valence-corrected chi connectivity index (χ2v) is 17.0. The van der Waals surface area contributed by atoms with Crippen molar-refractivity contribution in [3.63, 3.8) is 0 Å². The largest absolute Gasteiger partial charge is 0.497 e. The molecule has 1 amide bonds. The molecule has 0 unspecified atom stereocenters. The van der Waals surface area contributed by atoms with Crippen molar-refractivity contribution < 1.29 is 43.2 Å². The van der Waals surface area contributed by atoms with Crippen LogP contribution in [0.3, 0.4) is 0 Å². The fourth-order valence-corrected chi connectivity index (χ4v) is 10.0. The molecule has 11 heteroatoms. The third-order valence-electron chi connectivity index (χ3n) is 12.9. The lowest BCUT2D eigenvalue weighted by atomic mass is 9.55. The van der Waals surface area contributed by atoms with Crippen molar-refractivity contribution >= 4 is 11.6 Å². The number of hydrogen-bond donors (Lipinski definition) is 2. The maximum Gasteiger partial charge on any atom is 0.239 e. The first-order chi connectivity index (χ1) is 31.3. The summed E-state index contributed by atoms with van der Waals surface area (Å²) in [4.78, 5) is 23.1. The summed E-state index contributed by atoms with van der Waals surface area (Å²) in [5.74, 6) is -0.567. The third-order valence-corrected chi connectivity index (χ3v) is 12.9. The second-order valence-electron chi connectivity index (χ2n) is 17.0. The number of carbonyl (C=O) groups is 1. The van der Waals surface area contributed by atoms with Gasteiger partial charge in [-0.3, -0.25) is 4.79 Å². The number of hydrogen-bond acceptors (Lipinski definition) is 9. The van der Waals surface area contributed by atoms with Crippen LogP contribution in [0, 0.1) is 23.6 Å². The molecule has 1 heterocycles. The summed E-state index contributed by atoms with van der Waals surface area (Å²) in [5, 5.41) is 24.9. The molecular formula is C53H63FN2O8. The van der Waals surface area contributed by atoms with Crippen molar-refractivity contribution in [1.29, 1.82) is 0 Å². The number of fused-ring (bicyclic) bond motifs is 2. The fourth-order valence-electron chi connectivity index (χ4n) is 10.0. The molecule has 0 aromatic heterocycles. The minimum atomic E-state index is -1.39. The number of aliphatic hydroxyl groups is 2. The average Bonchev–Trinajstić information content (AvgIpc) is 3.31. The van der Waals surface area contributed by atoms with Gasteiger partial charge in [0.15, 0.2) is 0 Å². The smallest absolute Gasteiger partial charge is 0.239 e. The third kappa shape index (κ3) is 10.5. The van der Waals surface area contributed by atoms with Gasteiger partial charge < -0.3 is 38.9 Å². The molecule has 4 aromatic carbocycles. The normalized spacial score (nSPS) is 22.7. The highest BCUT2D eigenvalue weighted by Crippen LogP contribution is 2.62. The van der Waals surface area contributed by atoms with Crippen LogP contribution in [0.15, 0.2) is 127 Å². The Labute approximate surface area is 377 Å². The van der Waals surface area contributed by atoms with Crippen LogP contribution in [-0.4, -0.2) is 72.0 Å². The zero-order valence-corrected chi connectivity index (χ0v) is 37.2. The Balaban J connectivity index is 1.41. The summed E-state index contributed by atoms with van der Waals surface area (Å²) in [6, 6.07) is 29.2. The Morgan fingerprint density at radius 1 is 0.922 bits per heavy atom. The van der Waals surface area contributed by atoms with Crippen LogP contribution in [0.4, 0.5) is 4.39 Å². The lowest BCUT2D eigenvalue weighted by molar-refractivity contribution is -0.257. The molecule has 340 valence electrons. The number of benzene rings is 4. The van der Waals surface area contributed by atoms with E-state index in [0.29, 0.717) is 55.0 Å².